The van der Waals surface area contributed by atoms with Gasteiger partial charge in [-0.05, 0) is 49.8 Å². The van der Waals surface area contributed by atoms with Gasteiger partial charge in [-0.15, -0.1) is 0 Å². The molecule has 1 aromatic carbocycles. The molecule has 4 heteroatoms. The zero-order chi connectivity index (χ0) is 16.8. The molecule has 1 saturated heterocycles. The predicted molar refractivity (Wildman–Crippen MR) is 99.6 cm³/mol. The largest absolute Gasteiger partial charge is 0.490 e. The molecule has 1 aliphatic heterocycles. The van der Waals surface area contributed by atoms with Gasteiger partial charge in [-0.1, -0.05) is 33.0 Å². The van der Waals surface area contributed by atoms with Crippen LogP contribution in [0.1, 0.15) is 46.1 Å². The summed E-state index contributed by atoms with van der Waals surface area (Å²) < 4.78 is 11.6. The lowest BCUT2D eigenvalue weighted by atomic mass is 9.99. The van der Waals surface area contributed by atoms with Gasteiger partial charge in [-0.25, -0.2) is 0 Å². The SMILES string of the molecule is CCOc1cc(C(=S)N2CCC(C)CC2)ccc1OCC(C)C. The van der Waals surface area contributed by atoms with Gasteiger partial charge in [0.2, 0.25) is 0 Å². The highest BCUT2D eigenvalue weighted by Crippen LogP contribution is 2.30. The zero-order valence-electron chi connectivity index (χ0n) is 14.8. The maximum Gasteiger partial charge on any atom is 0.161 e. The molecule has 0 radical (unpaired) electrons. The lowest BCUT2D eigenvalue weighted by Crippen LogP contribution is -2.37. The van der Waals surface area contributed by atoms with Gasteiger partial charge in [0.25, 0.3) is 0 Å². The Balaban J connectivity index is 2.12. The summed E-state index contributed by atoms with van der Waals surface area (Å²) in [4.78, 5) is 3.24. The van der Waals surface area contributed by atoms with Gasteiger partial charge >= 0.3 is 0 Å². The van der Waals surface area contributed by atoms with Crippen molar-refractivity contribution in [1.82, 2.24) is 4.90 Å². The van der Waals surface area contributed by atoms with Crippen LogP contribution in [0.25, 0.3) is 0 Å². The second-order valence-corrected chi connectivity index (χ2v) is 7.16. The molecule has 3 nitrogen and oxygen atoms in total. The molecule has 0 aliphatic carbocycles. The fourth-order valence-corrected chi connectivity index (χ4v) is 2.99. The van der Waals surface area contributed by atoms with E-state index in [0.717, 1.165) is 41.1 Å². The van der Waals surface area contributed by atoms with E-state index >= 15 is 0 Å². The summed E-state index contributed by atoms with van der Waals surface area (Å²) in [5, 5.41) is 0. The van der Waals surface area contributed by atoms with E-state index < -0.39 is 0 Å². The summed E-state index contributed by atoms with van der Waals surface area (Å²) in [6, 6.07) is 6.07. The minimum atomic E-state index is 0.487. The van der Waals surface area contributed by atoms with Crippen molar-refractivity contribution in [2.24, 2.45) is 11.8 Å². The summed E-state index contributed by atoms with van der Waals surface area (Å²) in [6.45, 7) is 12.0. The van der Waals surface area contributed by atoms with Crippen LogP contribution in [0.2, 0.25) is 0 Å². The van der Waals surface area contributed by atoms with E-state index in [0.29, 0.717) is 19.1 Å². The van der Waals surface area contributed by atoms with Crippen molar-refractivity contribution >= 4 is 17.2 Å². The van der Waals surface area contributed by atoms with Crippen molar-refractivity contribution < 1.29 is 9.47 Å². The summed E-state index contributed by atoms with van der Waals surface area (Å²) in [6.07, 6.45) is 2.43. The molecular formula is C19H29NO2S. The van der Waals surface area contributed by atoms with Crippen molar-refractivity contribution in [3.8, 4) is 11.5 Å². The van der Waals surface area contributed by atoms with Gasteiger partial charge in [0.15, 0.2) is 11.5 Å². The summed E-state index contributed by atoms with van der Waals surface area (Å²) in [5.74, 6) is 2.89. The molecule has 0 unspecified atom stereocenters. The zero-order valence-corrected chi connectivity index (χ0v) is 15.6. The van der Waals surface area contributed by atoms with Crippen molar-refractivity contribution in [1.29, 1.82) is 0 Å². The van der Waals surface area contributed by atoms with Crippen LogP contribution in [-0.4, -0.2) is 36.2 Å². The number of hydrogen-bond donors (Lipinski definition) is 0. The van der Waals surface area contributed by atoms with E-state index in [4.69, 9.17) is 21.7 Å². The van der Waals surface area contributed by atoms with Gasteiger partial charge in [0, 0.05) is 18.7 Å². The lowest BCUT2D eigenvalue weighted by Gasteiger charge is -2.32. The first-order valence-electron chi connectivity index (χ1n) is 8.70. The normalized spacial score (nSPS) is 15.8. The molecule has 0 atom stereocenters. The highest BCUT2D eigenvalue weighted by molar-refractivity contribution is 7.80. The van der Waals surface area contributed by atoms with Crippen LogP contribution < -0.4 is 9.47 Å². The Hall–Kier alpha value is -1.29. The third-order valence-corrected chi connectivity index (χ3v) is 4.63. The molecule has 0 N–H and O–H groups in total. The van der Waals surface area contributed by atoms with E-state index in [1.807, 2.05) is 19.1 Å². The maximum atomic E-state index is 5.86. The summed E-state index contributed by atoms with van der Waals surface area (Å²) >= 11 is 5.70. The number of piperidine rings is 1. The maximum absolute atomic E-state index is 5.86. The van der Waals surface area contributed by atoms with Crippen LogP contribution in [0.15, 0.2) is 18.2 Å². The van der Waals surface area contributed by atoms with Crippen LogP contribution in [0, 0.1) is 11.8 Å². The Bertz CT molecular complexity index is 522. The fourth-order valence-electron chi connectivity index (χ4n) is 2.68. The molecular weight excluding hydrogens is 306 g/mol. The molecule has 0 aromatic heterocycles. The van der Waals surface area contributed by atoms with Crippen LogP contribution in [0.3, 0.4) is 0 Å². The van der Waals surface area contributed by atoms with Crippen LogP contribution >= 0.6 is 12.2 Å². The number of likely N-dealkylation sites (tertiary alicyclic amines) is 1. The third kappa shape index (κ3) is 5.10. The Labute approximate surface area is 146 Å². The lowest BCUT2D eigenvalue weighted by molar-refractivity contribution is 0.248. The Morgan fingerprint density at radius 1 is 1.22 bits per heavy atom. The van der Waals surface area contributed by atoms with Gasteiger partial charge in [0.1, 0.15) is 4.99 Å². The average Bonchev–Trinajstić information content (AvgIpc) is 2.54. The number of rotatable bonds is 6. The van der Waals surface area contributed by atoms with Crippen molar-refractivity contribution in [3.05, 3.63) is 23.8 Å². The molecule has 1 aromatic rings. The van der Waals surface area contributed by atoms with E-state index in [2.05, 4.69) is 31.7 Å². The topological polar surface area (TPSA) is 21.7 Å². The van der Waals surface area contributed by atoms with Crippen molar-refractivity contribution in [2.75, 3.05) is 26.3 Å². The molecule has 0 spiro atoms. The van der Waals surface area contributed by atoms with Gasteiger partial charge < -0.3 is 14.4 Å². The average molecular weight is 336 g/mol. The number of hydrogen-bond acceptors (Lipinski definition) is 3. The number of thiocarbonyl (C=S) groups is 1. The summed E-state index contributed by atoms with van der Waals surface area (Å²) in [7, 11) is 0. The Kier molecular flexibility index (Phi) is 6.70. The molecule has 0 saturated carbocycles. The van der Waals surface area contributed by atoms with Gasteiger partial charge in [-0.3, -0.25) is 0 Å². The first-order valence-corrected chi connectivity index (χ1v) is 9.11. The first-order chi connectivity index (χ1) is 11.0. The quantitative estimate of drug-likeness (QED) is 0.712. The Morgan fingerprint density at radius 2 is 1.91 bits per heavy atom. The second kappa shape index (κ2) is 8.53. The van der Waals surface area contributed by atoms with E-state index in [1.54, 1.807) is 0 Å². The van der Waals surface area contributed by atoms with Crippen LogP contribution in [-0.2, 0) is 0 Å². The van der Waals surface area contributed by atoms with Gasteiger partial charge in [-0.2, -0.15) is 0 Å². The van der Waals surface area contributed by atoms with E-state index in [-0.39, 0.29) is 0 Å². The smallest absolute Gasteiger partial charge is 0.161 e. The Morgan fingerprint density at radius 3 is 2.52 bits per heavy atom. The molecule has 0 amide bonds. The molecule has 1 heterocycles. The monoisotopic (exact) mass is 335 g/mol. The molecule has 2 rings (SSSR count). The minimum Gasteiger partial charge on any atom is -0.490 e. The molecule has 1 aliphatic rings. The third-order valence-electron chi connectivity index (χ3n) is 4.13. The highest BCUT2D eigenvalue weighted by atomic mass is 32.1. The van der Waals surface area contributed by atoms with E-state index in [1.165, 1.54) is 12.8 Å². The van der Waals surface area contributed by atoms with Crippen LogP contribution in [0.5, 0.6) is 11.5 Å². The van der Waals surface area contributed by atoms with E-state index in [9.17, 15) is 0 Å². The van der Waals surface area contributed by atoms with Gasteiger partial charge in [0.05, 0.1) is 13.2 Å². The minimum absolute atomic E-state index is 0.487. The predicted octanol–water partition coefficient (Wildman–Crippen LogP) is 4.53. The van der Waals surface area contributed by atoms with Crippen molar-refractivity contribution in [2.45, 2.75) is 40.5 Å². The molecule has 23 heavy (non-hydrogen) atoms. The molecule has 128 valence electrons. The molecule has 0 bridgehead atoms. The van der Waals surface area contributed by atoms with Crippen molar-refractivity contribution in [3.63, 3.8) is 0 Å². The second-order valence-electron chi connectivity index (χ2n) is 6.77. The first kappa shape index (κ1) is 18.1. The highest BCUT2D eigenvalue weighted by Gasteiger charge is 2.20. The fraction of sp³-hybridized carbons (Fsp3) is 0.632. The molecule has 1 fully saturated rings. The number of benzene rings is 1. The number of ether oxygens (including phenoxy) is 2. The number of nitrogens with zero attached hydrogens (tertiary/aromatic N) is 1. The summed E-state index contributed by atoms with van der Waals surface area (Å²) in [5.41, 5.74) is 1.05. The van der Waals surface area contributed by atoms with Crippen LogP contribution in [0.4, 0.5) is 0 Å². The standard InChI is InChI=1S/C19H29NO2S/c1-5-21-18-12-16(6-7-17(18)22-13-14(2)3)19(23)20-10-8-15(4)9-11-20/h6-7,12,14-15H,5,8-11,13H2,1-4H3.